The van der Waals surface area contributed by atoms with E-state index in [1.807, 2.05) is 39.0 Å². The molecule has 0 radical (unpaired) electrons. The van der Waals surface area contributed by atoms with Gasteiger partial charge in [0.15, 0.2) is 0 Å². The first-order valence-corrected chi connectivity index (χ1v) is 8.40. The molecular weight excluding hydrogens is 306 g/mol. The Bertz CT molecular complexity index is 484. The van der Waals surface area contributed by atoms with E-state index in [2.05, 4.69) is 19.2 Å². The van der Waals surface area contributed by atoms with Crippen LogP contribution in [0.1, 0.15) is 40.2 Å². The maximum atomic E-state index is 11.7. The summed E-state index contributed by atoms with van der Waals surface area (Å²) in [6.45, 7) is 10.5. The Morgan fingerprint density at radius 1 is 1.38 bits per heavy atom. The van der Waals surface area contributed by atoms with Gasteiger partial charge in [0.1, 0.15) is 5.60 Å². The number of esters is 1. The molecule has 0 saturated carbocycles. The van der Waals surface area contributed by atoms with E-state index in [1.54, 1.807) is 0 Å². The maximum absolute atomic E-state index is 11.7. The molecule has 0 bridgehead atoms. The van der Waals surface area contributed by atoms with Gasteiger partial charge < -0.3 is 10.1 Å². The predicted molar refractivity (Wildman–Crippen MR) is 90.0 cm³/mol. The number of thioether (sulfide) groups is 1. The van der Waals surface area contributed by atoms with Gasteiger partial charge in [0.25, 0.3) is 0 Å². The minimum atomic E-state index is -0.443. The molecule has 5 heteroatoms. The minimum Gasteiger partial charge on any atom is -0.459 e. The molecule has 3 nitrogen and oxygen atoms in total. The first-order chi connectivity index (χ1) is 9.67. The van der Waals surface area contributed by atoms with Crippen LogP contribution >= 0.6 is 23.4 Å². The van der Waals surface area contributed by atoms with Gasteiger partial charge in [0.05, 0.1) is 5.75 Å². The number of hydrogen-bond donors (Lipinski definition) is 1. The number of halogens is 1. The maximum Gasteiger partial charge on any atom is 0.316 e. The molecule has 0 aliphatic carbocycles. The van der Waals surface area contributed by atoms with Crippen LogP contribution in [0.2, 0.25) is 5.02 Å². The largest absolute Gasteiger partial charge is 0.459 e. The van der Waals surface area contributed by atoms with Gasteiger partial charge >= 0.3 is 5.97 Å². The molecule has 1 aromatic carbocycles. The normalized spacial score (nSPS) is 11.8. The van der Waals surface area contributed by atoms with Crippen molar-refractivity contribution < 1.29 is 9.53 Å². The molecule has 118 valence electrons. The lowest BCUT2D eigenvalue weighted by molar-refractivity contribution is -0.151. The summed E-state index contributed by atoms with van der Waals surface area (Å²) in [5.74, 6) is 0.0752. The predicted octanol–water partition coefficient (Wildman–Crippen LogP) is 4.27. The lowest BCUT2D eigenvalue weighted by atomic mass is 10.2. The van der Waals surface area contributed by atoms with Crippen LogP contribution in [0, 0.1) is 0 Å². The lowest BCUT2D eigenvalue weighted by Gasteiger charge is -2.19. The molecule has 0 heterocycles. The van der Waals surface area contributed by atoms with Crippen LogP contribution in [0.25, 0.3) is 0 Å². The van der Waals surface area contributed by atoms with Crippen molar-refractivity contribution in [2.45, 2.75) is 57.7 Å². The molecule has 0 atom stereocenters. The van der Waals surface area contributed by atoms with Gasteiger partial charge in [-0.1, -0.05) is 31.5 Å². The second-order valence-electron chi connectivity index (χ2n) is 6.16. The zero-order valence-corrected chi connectivity index (χ0v) is 14.9. The van der Waals surface area contributed by atoms with Gasteiger partial charge in [-0.3, -0.25) is 4.79 Å². The fraction of sp³-hybridized carbons (Fsp3) is 0.562. The van der Waals surface area contributed by atoms with Crippen LogP contribution in [0.15, 0.2) is 23.1 Å². The van der Waals surface area contributed by atoms with Gasteiger partial charge in [-0.2, -0.15) is 0 Å². The van der Waals surface area contributed by atoms with Crippen molar-refractivity contribution in [3.63, 3.8) is 0 Å². The average Bonchev–Trinajstić information content (AvgIpc) is 2.33. The monoisotopic (exact) mass is 329 g/mol. The Balaban J connectivity index is 2.54. The molecule has 0 saturated heterocycles. The van der Waals surface area contributed by atoms with Gasteiger partial charge in [-0.15, -0.1) is 11.8 Å². The van der Waals surface area contributed by atoms with Crippen molar-refractivity contribution in [1.29, 1.82) is 0 Å². The van der Waals surface area contributed by atoms with Crippen molar-refractivity contribution >= 4 is 29.3 Å². The second kappa shape index (κ2) is 8.06. The summed E-state index contributed by atoms with van der Waals surface area (Å²) in [5.41, 5.74) is 0.619. The summed E-state index contributed by atoms with van der Waals surface area (Å²) >= 11 is 7.70. The van der Waals surface area contributed by atoms with Crippen molar-refractivity contribution in [2.75, 3.05) is 5.75 Å². The van der Waals surface area contributed by atoms with Gasteiger partial charge in [-0.05, 0) is 38.5 Å². The molecule has 0 amide bonds. The summed E-state index contributed by atoms with van der Waals surface area (Å²) in [6.07, 6.45) is 0. The van der Waals surface area contributed by atoms with Crippen molar-refractivity contribution in [2.24, 2.45) is 0 Å². The van der Waals surface area contributed by atoms with E-state index in [9.17, 15) is 4.79 Å². The van der Waals surface area contributed by atoms with E-state index in [4.69, 9.17) is 16.3 Å². The molecule has 0 fully saturated rings. The summed E-state index contributed by atoms with van der Waals surface area (Å²) in [7, 11) is 0. The second-order valence-corrected chi connectivity index (χ2v) is 7.62. The van der Waals surface area contributed by atoms with E-state index in [0.29, 0.717) is 6.04 Å². The van der Waals surface area contributed by atoms with E-state index >= 15 is 0 Å². The molecule has 1 N–H and O–H groups in total. The fourth-order valence-electron chi connectivity index (χ4n) is 1.59. The third-order valence-electron chi connectivity index (χ3n) is 2.50. The third kappa shape index (κ3) is 7.74. The Morgan fingerprint density at radius 3 is 2.57 bits per heavy atom. The molecule has 0 aliphatic heterocycles. The summed E-state index contributed by atoms with van der Waals surface area (Å²) < 4.78 is 5.28. The Hall–Kier alpha value is -0.710. The highest BCUT2D eigenvalue weighted by Gasteiger charge is 2.16. The van der Waals surface area contributed by atoms with Crippen LogP contribution < -0.4 is 5.32 Å². The van der Waals surface area contributed by atoms with Crippen molar-refractivity contribution in [3.8, 4) is 0 Å². The quantitative estimate of drug-likeness (QED) is 0.624. The molecular formula is C16H24ClNO2S. The van der Waals surface area contributed by atoms with Gasteiger partial charge in [0, 0.05) is 22.5 Å². The molecule has 0 unspecified atom stereocenters. The Labute approximate surface area is 136 Å². The number of carbonyl (C=O) groups is 1. The van der Waals surface area contributed by atoms with Gasteiger partial charge in [-0.25, -0.2) is 0 Å². The van der Waals surface area contributed by atoms with Crippen LogP contribution in [0.5, 0.6) is 0 Å². The average molecular weight is 330 g/mol. The highest BCUT2D eigenvalue weighted by atomic mass is 35.5. The third-order valence-corrected chi connectivity index (χ3v) is 3.82. The molecule has 0 spiro atoms. The number of hydrogen-bond acceptors (Lipinski definition) is 4. The van der Waals surface area contributed by atoms with Crippen LogP contribution in [-0.4, -0.2) is 23.4 Å². The van der Waals surface area contributed by atoms with Crippen molar-refractivity contribution in [1.82, 2.24) is 5.32 Å². The lowest BCUT2D eigenvalue weighted by Crippen LogP contribution is -2.24. The molecule has 1 aromatic rings. The Kier molecular flexibility index (Phi) is 7.04. The van der Waals surface area contributed by atoms with Crippen LogP contribution in [0.4, 0.5) is 0 Å². The van der Waals surface area contributed by atoms with E-state index in [1.165, 1.54) is 11.8 Å². The standard InChI is InChI=1S/C16H24ClNO2S/c1-11(2)18-9-12-6-7-13(8-14(12)17)21-10-15(19)20-16(3,4)5/h6-8,11,18H,9-10H2,1-5H3. The highest BCUT2D eigenvalue weighted by Crippen LogP contribution is 2.25. The summed E-state index contributed by atoms with van der Waals surface area (Å²) in [4.78, 5) is 12.6. The highest BCUT2D eigenvalue weighted by molar-refractivity contribution is 8.00. The van der Waals surface area contributed by atoms with E-state index < -0.39 is 5.60 Å². The summed E-state index contributed by atoms with van der Waals surface area (Å²) in [5, 5.41) is 4.05. The number of benzene rings is 1. The molecule has 0 aromatic heterocycles. The van der Waals surface area contributed by atoms with E-state index in [-0.39, 0.29) is 11.7 Å². The topological polar surface area (TPSA) is 38.3 Å². The number of rotatable bonds is 6. The van der Waals surface area contributed by atoms with E-state index in [0.717, 1.165) is 22.0 Å². The number of ether oxygens (including phenoxy) is 1. The number of carbonyl (C=O) groups excluding carboxylic acids is 1. The molecule has 0 aliphatic rings. The smallest absolute Gasteiger partial charge is 0.316 e. The first-order valence-electron chi connectivity index (χ1n) is 7.04. The van der Waals surface area contributed by atoms with Crippen LogP contribution in [-0.2, 0) is 16.1 Å². The fourth-order valence-corrected chi connectivity index (χ4v) is 2.61. The Morgan fingerprint density at radius 2 is 2.05 bits per heavy atom. The zero-order chi connectivity index (χ0) is 16.0. The SMILES string of the molecule is CC(C)NCc1ccc(SCC(=O)OC(C)(C)C)cc1Cl. The zero-order valence-electron chi connectivity index (χ0n) is 13.3. The number of nitrogens with one attached hydrogen (secondary N) is 1. The minimum absolute atomic E-state index is 0.214. The molecule has 21 heavy (non-hydrogen) atoms. The first kappa shape index (κ1) is 18.3. The summed E-state index contributed by atoms with van der Waals surface area (Å²) in [6, 6.07) is 6.30. The van der Waals surface area contributed by atoms with Crippen LogP contribution in [0.3, 0.4) is 0 Å². The van der Waals surface area contributed by atoms with Crippen molar-refractivity contribution in [3.05, 3.63) is 28.8 Å². The molecule has 1 rings (SSSR count). The van der Waals surface area contributed by atoms with Gasteiger partial charge in [0.2, 0.25) is 0 Å².